The van der Waals surface area contributed by atoms with Gasteiger partial charge in [0.05, 0.1) is 19.3 Å². The van der Waals surface area contributed by atoms with Gasteiger partial charge in [-0.1, -0.05) is 13.8 Å². The first-order valence-electron chi connectivity index (χ1n) is 13.3. The smallest absolute Gasteiger partial charge is 0.303 e. The lowest BCUT2D eigenvalue weighted by molar-refractivity contribution is -0.229. The number of hydrogen-bond donors (Lipinski definition) is 0. The van der Waals surface area contributed by atoms with E-state index in [9.17, 15) is 14.4 Å². The van der Waals surface area contributed by atoms with Crippen LogP contribution in [0.2, 0.25) is 0 Å². The number of hydrogen-bond acceptors (Lipinski definition) is 8. The maximum Gasteiger partial charge on any atom is 0.303 e. The number of esters is 2. The number of Topliss-reactive ketones (excluding diaryl/α,β-unsaturated/α-hetero) is 1. The maximum absolute atomic E-state index is 13.5. The van der Waals surface area contributed by atoms with Crippen LogP contribution in [0.15, 0.2) is 0 Å². The van der Waals surface area contributed by atoms with Crippen molar-refractivity contribution in [2.45, 2.75) is 102 Å². The summed E-state index contributed by atoms with van der Waals surface area (Å²) >= 11 is 0. The number of rotatable bonds is 4. The van der Waals surface area contributed by atoms with Gasteiger partial charge in [0.15, 0.2) is 18.0 Å². The van der Waals surface area contributed by atoms with E-state index >= 15 is 0 Å². The Morgan fingerprint density at radius 1 is 0.886 bits per heavy atom. The number of ketones is 1. The van der Waals surface area contributed by atoms with E-state index in [1.165, 1.54) is 13.8 Å². The monoisotopic (exact) mass is 490 g/mol. The standard InChI is InChI=1S/C27H38O8/c1-16(28)31-14-21(30)26(34-17(2)29)8-6-20-18-13-22-27(35-22)15-25(32-11-12-33-25)10-9-24(27,4)19(18)5-7-23(20,26)3/h18-20,22H,5-15H2,1-4H3/t18-,19+,20+,22+,23+,24-,26+,27+/m1/s1. The van der Waals surface area contributed by atoms with Crippen molar-refractivity contribution in [3.05, 3.63) is 0 Å². The lowest BCUT2D eigenvalue weighted by atomic mass is 9.44. The largest absolute Gasteiger partial charge is 0.458 e. The number of ether oxygens (including phenoxy) is 5. The Morgan fingerprint density at radius 2 is 1.57 bits per heavy atom. The highest BCUT2D eigenvalue weighted by atomic mass is 16.7. The molecule has 8 nitrogen and oxygen atoms in total. The zero-order chi connectivity index (χ0) is 24.9. The van der Waals surface area contributed by atoms with Crippen LogP contribution in [0.4, 0.5) is 0 Å². The third kappa shape index (κ3) is 3.05. The van der Waals surface area contributed by atoms with Gasteiger partial charge in [0.2, 0.25) is 5.78 Å². The summed E-state index contributed by atoms with van der Waals surface area (Å²) in [5, 5.41) is 0. The maximum atomic E-state index is 13.5. The lowest BCUT2D eigenvalue weighted by Crippen LogP contribution is -2.63. The summed E-state index contributed by atoms with van der Waals surface area (Å²) in [7, 11) is 0. The van der Waals surface area contributed by atoms with Gasteiger partial charge in [0.25, 0.3) is 0 Å². The molecule has 2 saturated heterocycles. The Balaban J connectivity index is 1.30. The minimum atomic E-state index is -1.24. The van der Waals surface area contributed by atoms with Gasteiger partial charge in [-0.05, 0) is 56.3 Å². The van der Waals surface area contributed by atoms with Crippen molar-refractivity contribution in [2.75, 3.05) is 19.8 Å². The molecule has 2 heterocycles. The van der Waals surface area contributed by atoms with Crippen molar-refractivity contribution in [2.24, 2.45) is 28.6 Å². The molecule has 0 aromatic rings. The molecule has 8 atom stereocenters. The molecule has 6 fully saturated rings. The SMILES string of the molecule is CC(=O)OCC(=O)[C@@]1(OC(C)=O)CC[C@H]2[C@@H]3C[C@@H]4O[C@@]45CC4(CC[C@]5(C)[C@H]3CC[C@@]21C)OCCO4. The average Bonchev–Trinajstić information content (AvgIpc) is 3.15. The van der Waals surface area contributed by atoms with E-state index in [2.05, 4.69) is 13.8 Å². The highest BCUT2D eigenvalue weighted by molar-refractivity contribution is 5.93. The molecule has 0 unspecified atom stereocenters. The second-order valence-electron chi connectivity index (χ2n) is 12.4. The van der Waals surface area contributed by atoms with Crippen molar-refractivity contribution in [1.29, 1.82) is 0 Å². The van der Waals surface area contributed by atoms with Crippen molar-refractivity contribution in [3.63, 3.8) is 0 Å². The second-order valence-corrected chi connectivity index (χ2v) is 12.4. The molecule has 2 aliphatic heterocycles. The van der Waals surface area contributed by atoms with Crippen molar-refractivity contribution in [1.82, 2.24) is 0 Å². The molecule has 0 aromatic heterocycles. The average molecular weight is 491 g/mol. The molecule has 0 bridgehead atoms. The van der Waals surface area contributed by atoms with Crippen LogP contribution in [0.5, 0.6) is 0 Å². The van der Waals surface area contributed by atoms with E-state index in [4.69, 9.17) is 23.7 Å². The van der Waals surface area contributed by atoms with Crippen molar-refractivity contribution >= 4 is 17.7 Å². The molecule has 0 amide bonds. The van der Waals surface area contributed by atoms with E-state index in [0.717, 1.165) is 44.9 Å². The highest BCUT2D eigenvalue weighted by Gasteiger charge is 2.79. The van der Waals surface area contributed by atoms with Gasteiger partial charge < -0.3 is 23.7 Å². The number of carbonyl (C=O) groups excluding carboxylic acids is 3. The Morgan fingerprint density at radius 3 is 2.26 bits per heavy atom. The molecule has 4 saturated carbocycles. The first-order chi connectivity index (χ1) is 16.5. The predicted octanol–water partition coefficient (Wildman–Crippen LogP) is 3.34. The summed E-state index contributed by atoms with van der Waals surface area (Å²) in [6.07, 6.45) is 6.92. The molecule has 2 spiro atoms. The number of fused-ring (bicyclic) bond motifs is 4. The summed E-state index contributed by atoms with van der Waals surface area (Å²) in [5.41, 5.74) is -1.88. The number of epoxide rings is 1. The summed E-state index contributed by atoms with van der Waals surface area (Å²) in [4.78, 5) is 37.2. The molecule has 194 valence electrons. The van der Waals surface area contributed by atoms with Crippen LogP contribution >= 0.6 is 0 Å². The fourth-order valence-corrected chi connectivity index (χ4v) is 9.58. The molecule has 4 aliphatic carbocycles. The van der Waals surface area contributed by atoms with Crippen LogP contribution < -0.4 is 0 Å². The van der Waals surface area contributed by atoms with Gasteiger partial charge in [0, 0.05) is 37.5 Å². The normalized spacial score (nSPS) is 48.8. The van der Waals surface area contributed by atoms with Crippen LogP contribution in [0, 0.1) is 28.6 Å². The van der Waals surface area contributed by atoms with Gasteiger partial charge in [-0.25, -0.2) is 0 Å². The Bertz CT molecular complexity index is 957. The third-order valence-electron chi connectivity index (χ3n) is 11.2. The van der Waals surface area contributed by atoms with E-state index in [1.807, 2.05) is 0 Å². The van der Waals surface area contributed by atoms with Crippen molar-refractivity contribution in [3.8, 4) is 0 Å². The molecule has 6 rings (SSSR count). The Labute approximate surface area is 206 Å². The van der Waals surface area contributed by atoms with Crippen LogP contribution in [0.25, 0.3) is 0 Å². The van der Waals surface area contributed by atoms with Gasteiger partial charge in [-0.2, -0.15) is 0 Å². The van der Waals surface area contributed by atoms with Crippen LogP contribution in [0.1, 0.15) is 79.1 Å². The van der Waals surface area contributed by atoms with E-state index < -0.39 is 28.7 Å². The fourth-order valence-electron chi connectivity index (χ4n) is 9.58. The first kappa shape index (κ1) is 23.9. The minimum absolute atomic E-state index is 0.0386. The minimum Gasteiger partial charge on any atom is -0.458 e. The van der Waals surface area contributed by atoms with E-state index in [1.54, 1.807) is 0 Å². The van der Waals surface area contributed by atoms with Gasteiger partial charge >= 0.3 is 11.9 Å². The second kappa shape index (κ2) is 7.51. The zero-order valence-electron chi connectivity index (χ0n) is 21.4. The van der Waals surface area contributed by atoms with Crippen molar-refractivity contribution < 1.29 is 38.1 Å². The summed E-state index contributed by atoms with van der Waals surface area (Å²) < 4.78 is 29.8. The zero-order valence-corrected chi connectivity index (χ0v) is 21.4. The highest BCUT2D eigenvalue weighted by Crippen LogP contribution is 2.75. The van der Waals surface area contributed by atoms with Gasteiger partial charge in [-0.15, -0.1) is 0 Å². The molecule has 8 heteroatoms. The molecule has 0 aromatic carbocycles. The molecule has 0 N–H and O–H groups in total. The topological polar surface area (TPSA) is 101 Å². The van der Waals surface area contributed by atoms with Crippen LogP contribution in [-0.2, 0) is 38.1 Å². The summed E-state index contributed by atoms with van der Waals surface area (Å²) in [5.74, 6) is -0.610. The van der Waals surface area contributed by atoms with Gasteiger partial charge in [0.1, 0.15) is 5.60 Å². The molecule has 35 heavy (non-hydrogen) atoms. The van der Waals surface area contributed by atoms with E-state index in [0.29, 0.717) is 31.5 Å². The quantitative estimate of drug-likeness (QED) is 0.437. The van der Waals surface area contributed by atoms with Crippen LogP contribution in [-0.4, -0.2) is 60.6 Å². The third-order valence-corrected chi connectivity index (χ3v) is 11.2. The number of carbonyl (C=O) groups is 3. The summed E-state index contributed by atoms with van der Waals surface area (Å²) in [6.45, 7) is 8.15. The fraction of sp³-hybridized carbons (Fsp3) is 0.889. The Kier molecular flexibility index (Phi) is 5.12. The molecular weight excluding hydrogens is 452 g/mol. The molecule has 0 radical (unpaired) electrons. The lowest BCUT2D eigenvalue weighted by Gasteiger charge is -2.60. The predicted molar refractivity (Wildman–Crippen MR) is 122 cm³/mol. The summed E-state index contributed by atoms with van der Waals surface area (Å²) in [6, 6.07) is 0. The van der Waals surface area contributed by atoms with E-state index in [-0.39, 0.29) is 35.4 Å². The van der Waals surface area contributed by atoms with Gasteiger partial charge in [-0.3, -0.25) is 14.4 Å². The van der Waals surface area contributed by atoms with Crippen LogP contribution in [0.3, 0.4) is 0 Å². The molecular formula is C27H38O8. The molecule has 6 aliphatic rings. The first-order valence-corrected chi connectivity index (χ1v) is 13.3. The Hall–Kier alpha value is -1.51.